The molecule has 0 radical (unpaired) electrons. The Morgan fingerprint density at radius 3 is 2.32 bits per heavy atom. The van der Waals surface area contributed by atoms with Crippen molar-refractivity contribution in [3.63, 3.8) is 0 Å². The molecule has 0 amide bonds. The Bertz CT molecular complexity index is 709. The first kappa shape index (κ1) is 16.4. The lowest BCUT2D eigenvalue weighted by atomic mass is 9.96. The standard InChI is InChI=1S/C13H7BrO.C4H9NO2/c14-9-6-11-10-4-2-1-3-8(10)5-12(11)13(15)7-9;1-4(2,3)7-5-6/h1-7H;1-3H3. The number of ketones is 1. The Hall–Kier alpha value is -2.01. The highest BCUT2D eigenvalue weighted by molar-refractivity contribution is 9.11. The molecule has 0 N–H and O–H groups in total. The summed E-state index contributed by atoms with van der Waals surface area (Å²) in [6.45, 7) is 5.28. The summed E-state index contributed by atoms with van der Waals surface area (Å²) in [7, 11) is 0. The maximum absolute atomic E-state index is 11.7. The topological polar surface area (TPSA) is 55.7 Å². The molecule has 0 fully saturated rings. The molecule has 0 saturated carbocycles. The monoisotopic (exact) mass is 361 g/mol. The van der Waals surface area contributed by atoms with Gasteiger partial charge in [-0.2, -0.15) is 0 Å². The third-order valence-electron chi connectivity index (χ3n) is 2.97. The van der Waals surface area contributed by atoms with Crippen molar-refractivity contribution in [2.75, 3.05) is 0 Å². The van der Waals surface area contributed by atoms with Gasteiger partial charge in [-0.3, -0.25) is 4.79 Å². The first-order chi connectivity index (χ1) is 10.3. The molecule has 0 heterocycles. The number of halogens is 1. The minimum absolute atomic E-state index is 0.0792. The van der Waals surface area contributed by atoms with Crippen molar-refractivity contribution in [1.82, 2.24) is 0 Å². The Morgan fingerprint density at radius 2 is 1.73 bits per heavy atom. The van der Waals surface area contributed by atoms with Crippen LogP contribution < -0.4 is 0 Å². The zero-order chi connectivity index (χ0) is 16.3. The summed E-state index contributed by atoms with van der Waals surface area (Å²) in [6, 6.07) is 8.06. The van der Waals surface area contributed by atoms with Crippen LogP contribution in [0.3, 0.4) is 0 Å². The van der Waals surface area contributed by atoms with Crippen molar-refractivity contribution >= 4 is 33.4 Å². The third kappa shape index (κ3) is 3.80. The second-order valence-electron chi connectivity index (χ2n) is 5.87. The molecule has 1 aromatic carbocycles. The van der Waals surface area contributed by atoms with Gasteiger partial charge in [0.15, 0.2) is 11.1 Å². The number of nitrogens with zero attached hydrogens (tertiary/aromatic N) is 1. The van der Waals surface area contributed by atoms with Gasteiger partial charge in [-0.1, -0.05) is 40.2 Å². The lowest BCUT2D eigenvalue weighted by Gasteiger charge is -2.11. The van der Waals surface area contributed by atoms with E-state index in [-0.39, 0.29) is 5.78 Å². The Balaban J connectivity index is 0.000000217. The normalized spacial score (nSPS) is 15.5. The van der Waals surface area contributed by atoms with E-state index in [0.717, 1.165) is 26.8 Å². The van der Waals surface area contributed by atoms with E-state index in [1.54, 1.807) is 26.8 Å². The van der Waals surface area contributed by atoms with Gasteiger partial charge in [-0.25, -0.2) is 0 Å². The van der Waals surface area contributed by atoms with Gasteiger partial charge < -0.3 is 4.84 Å². The number of fused-ring (bicyclic) bond motifs is 3. The minimum Gasteiger partial charge on any atom is -0.358 e. The van der Waals surface area contributed by atoms with Crippen LogP contribution in [-0.2, 0) is 9.63 Å². The first-order valence-electron chi connectivity index (χ1n) is 6.77. The van der Waals surface area contributed by atoms with Crippen LogP contribution in [0.2, 0.25) is 0 Å². The highest BCUT2D eigenvalue weighted by Gasteiger charge is 2.25. The lowest BCUT2D eigenvalue weighted by molar-refractivity contribution is -0.110. The Kier molecular flexibility index (Phi) is 4.76. The van der Waals surface area contributed by atoms with Crippen LogP contribution in [0.5, 0.6) is 0 Å². The van der Waals surface area contributed by atoms with Crippen LogP contribution in [0.1, 0.15) is 31.9 Å². The number of hydrogen-bond acceptors (Lipinski definition) is 4. The van der Waals surface area contributed by atoms with Crippen LogP contribution in [0.15, 0.2) is 51.8 Å². The molecule has 0 bridgehead atoms. The summed E-state index contributed by atoms with van der Waals surface area (Å²) in [5.74, 6) is 0.0792. The molecule has 2 aliphatic carbocycles. The molecule has 0 spiro atoms. The summed E-state index contributed by atoms with van der Waals surface area (Å²) >= 11 is 3.35. The number of allylic oxidation sites excluding steroid dienone is 5. The maximum atomic E-state index is 11.7. The molecule has 0 unspecified atom stereocenters. The average molecular weight is 362 g/mol. The molecule has 22 heavy (non-hydrogen) atoms. The van der Waals surface area contributed by atoms with Crippen molar-refractivity contribution in [1.29, 1.82) is 0 Å². The van der Waals surface area contributed by atoms with Gasteiger partial charge in [-0.05, 0) is 49.6 Å². The molecule has 0 saturated heterocycles. The third-order valence-corrected chi connectivity index (χ3v) is 3.43. The van der Waals surface area contributed by atoms with Gasteiger partial charge in [0.2, 0.25) is 0 Å². The van der Waals surface area contributed by atoms with E-state index in [0.29, 0.717) is 0 Å². The predicted octanol–water partition coefficient (Wildman–Crippen LogP) is 4.81. The van der Waals surface area contributed by atoms with Crippen LogP contribution in [-0.4, -0.2) is 11.4 Å². The van der Waals surface area contributed by atoms with E-state index in [9.17, 15) is 9.70 Å². The second-order valence-corrected chi connectivity index (χ2v) is 6.79. The van der Waals surface area contributed by atoms with Gasteiger partial charge in [0.1, 0.15) is 5.60 Å². The van der Waals surface area contributed by atoms with Crippen LogP contribution in [0.4, 0.5) is 0 Å². The molecule has 1 aromatic rings. The summed E-state index contributed by atoms with van der Waals surface area (Å²) < 4.78 is 0.844. The first-order valence-corrected chi connectivity index (χ1v) is 7.56. The van der Waals surface area contributed by atoms with Crippen molar-refractivity contribution in [2.24, 2.45) is 5.34 Å². The van der Waals surface area contributed by atoms with Gasteiger partial charge in [0, 0.05) is 16.1 Å². The molecule has 0 aliphatic heterocycles. The maximum Gasteiger partial charge on any atom is 0.187 e. The number of rotatable bonds is 1. The second kappa shape index (κ2) is 6.40. The molecule has 4 nitrogen and oxygen atoms in total. The summed E-state index contributed by atoms with van der Waals surface area (Å²) in [5.41, 5.74) is 3.68. The van der Waals surface area contributed by atoms with E-state index in [2.05, 4.69) is 26.1 Å². The lowest BCUT2D eigenvalue weighted by Crippen LogP contribution is -2.14. The number of carbonyl (C=O) groups excluding carboxylic acids is 1. The molecule has 2 aliphatic rings. The number of carbonyl (C=O) groups is 1. The van der Waals surface area contributed by atoms with Crippen molar-refractivity contribution < 1.29 is 9.63 Å². The molecule has 0 atom stereocenters. The van der Waals surface area contributed by atoms with Crippen LogP contribution in [0.25, 0.3) is 11.6 Å². The highest BCUT2D eigenvalue weighted by Crippen LogP contribution is 2.39. The molecule has 0 aromatic heterocycles. The number of benzene rings is 1. The van der Waals surface area contributed by atoms with Crippen molar-refractivity contribution in [3.05, 3.63) is 62.5 Å². The minimum atomic E-state index is -0.429. The van der Waals surface area contributed by atoms with Crippen molar-refractivity contribution in [3.8, 4) is 0 Å². The zero-order valence-corrected chi connectivity index (χ0v) is 14.2. The van der Waals surface area contributed by atoms with E-state index in [4.69, 9.17) is 0 Å². The SMILES string of the molecule is CC(C)(C)ON=O.O=C1C=C(Br)C=C2C1=Cc1ccccc12. The van der Waals surface area contributed by atoms with E-state index >= 15 is 0 Å². The van der Waals surface area contributed by atoms with Crippen LogP contribution in [0, 0.1) is 4.91 Å². The molecular weight excluding hydrogens is 346 g/mol. The summed E-state index contributed by atoms with van der Waals surface area (Å²) in [6.07, 6.45) is 5.57. The summed E-state index contributed by atoms with van der Waals surface area (Å²) in [5, 5.41) is 2.26. The van der Waals surface area contributed by atoms with E-state index in [1.165, 1.54) is 0 Å². The molecule has 114 valence electrons. The largest absolute Gasteiger partial charge is 0.358 e. The predicted molar refractivity (Wildman–Crippen MR) is 91.0 cm³/mol. The quantitative estimate of drug-likeness (QED) is 0.532. The fourth-order valence-corrected chi connectivity index (χ4v) is 2.54. The van der Waals surface area contributed by atoms with E-state index < -0.39 is 5.60 Å². The molecule has 5 heteroatoms. The Labute approximate surface area is 137 Å². The number of hydrogen-bond donors (Lipinski definition) is 0. The molecular formula is C17H16BrNO3. The smallest absolute Gasteiger partial charge is 0.187 e. The van der Waals surface area contributed by atoms with Crippen LogP contribution >= 0.6 is 15.9 Å². The van der Waals surface area contributed by atoms with Crippen molar-refractivity contribution in [2.45, 2.75) is 26.4 Å². The van der Waals surface area contributed by atoms with Gasteiger partial charge >= 0.3 is 0 Å². The van der Waals surface area contributed by atoms with Gasteiger partial charge in [0.05, 0.1) is 0 Å². The van der Waals surface area contributed by atoms with E-state index in [1.807, 2.05) is 36.4 Å². The van der Waals surface area contributed by atoms with Gasteiger partial charge in [-0.15, -0.1) is 4.91 Å². The Morgan fingerprint density at radius 1 is 1.05 bits per heavy atom. The fraction of sp³-hybridized carbons (Fsp3) is 0.235. The molecule has 3 rings (SSSR count). The highest BCUT2D eigenvalue weighted by atomic mass is 79.9. The van der Waals surface area contributed by atoms with Gasteiger partial charge in [0.25, 0.3) is 0 Å². The fourth-order valence-electron chi connectivity index (χ4n) is 2.10. The average Bonchev–Trinajstić information content (AvgIpc) is 2.77. The zero-order valence-electron chi connectivity index (χ0n) is 12.6. The summed E-state index contributed by atoms with van der Waals surface area (Å²) in [4.78, 5) is 25.4.